The zero-order chi connectivity index (χ0) is 25.6. The van der Waals surface area contributed by atoms with E-state index in [1.54, 1.807) is 24.3 Å². The Morgan fingerprint density at radius 2 is 1.81 bits per heavy atom. The molecule has 3 aromatic carbocycles. The molecule has 2 amide bonds. The van der Waals surface area contributed by atoms with E-state index in [1.165, 1.54) is 11.1 Å². The number of hydrogen-bond acceptors (Lipinski definition) is 6. The third-order valence-corrected chi connectivity index (χ3v) is 6.56. The SMILES string of the molecule is CCOCCCNC(=O)c1cc(NC(=O)c2ccc3c(c2)OCO3)ccc1N1CCc2ccccc2C1. The van der Waals surface area contributed by atoms with Gasteiger partial charge in [-0.25, -0.2) is 0 Å². The second-order valence-corrected chi connectivity index (χ2v) is 9.00. The number of nitrogens with one attached hydrogen (secondary N) is 2. The first-order chi connectivity index (χ1) is 18.1. The molecular weight excluding hydrogens is 470 g/mol. The maximum Gasteiger partial charge on any atom is 0.255 e. The Morgan fingerprint density at radius 3 is 2.68 bits per heavy atom. The third kappa shape index (κ3) is 5.70. The summed E-state index contributed by atoms with van der Waals surface area (Å²) in [6, 6.07) is 19.0. The van der Waals surface area contributed by atoms with Crippen molar-refractivity contribution < 1.29 is 23.8 Å². The first kappa shape index (κ1) is 24.6. The maximum atomic E-state index is 13.3. The van der Waals surface area contributed by atoms with Crippen LogP contribution in [0, 0.1) is 0 Å². The summed E-state index contributed by atoms with van der Waals surface area (Å²) in [4.78, 5) is 28.5. The van der Waals surface area contributed by atoms with Gasteiger partial charge in [-0.15, -0.1) is 0 Å². The van der Waals surface area contributed by atoms with Gasteiger partial charge < -0.3 is 29.7 Å². The molecule has 0 spiro atoms. The van der Waals surface area contributed by atoms with Crippen molar-refractivity contribution in [1.82, 2.24) is 5.32 Å². The number of amides is 2. The fourth-order valence-electron chi connectivity index (χ4n) is 4.63. The van der Waals surface area contributed by atoms with Crippen molar-refractivity contribution in [3.8, 4) is 11.5 Å². The normalized spacial score (nSPS) is 13.7. The van der Waals surface area contributed by atoms with Crippen molar-refractivity contribution in [3.05, 3.63) is 82.9 Å². The van der Waals surface area contributed by atoms with E-state index in [-0.39, 0.29) is 18.6 Å². The van der Waals surface area contributed by atoms with Gasteiger partial charge in [-0.2, -0.15) is 0 Å². The Hall–Kier alpha value is -4.04. The van der Waals surface area contributed by atoms with E-state index >= 15 is 0 Å². The highest BCUT2D eigenvalue weighted by Gasteiger charge is 2.22. The molecule has 0 saturated carbocycles. The monoisotopic (exact) mass is 501 g/mol. The zero-order valence-electron chi connectivity index (χ0n) is 20.9. The molecule has 8 nitrogen and oxygen atoms in total. The fraction of sp³-hybridized carbons (Fsp3) is 0.310. The lowest BCUT2D eigenvalue weighted by atomic mass is 9.98. The minimum absolute atomic E-state index is 0.145. The molecule has 37 heavy (non-hydrogen) atoms. The standard InChI is InChI=1S/C29H31N3O5/c1-2-35-15-5-13-30-29(34)24-17-23(31-28(33)21-8-11-26-27(16-21)37-19-36-26)9-10-25(24)32-14-12-20-6-3-4-7-22(20)18-32/h3-4,6-11,16-17H,2,5,12-15,18-19H2,1H3,(H,30,34)(H,31,33). The van der Waals surface area contributed by atoms with Gasteiger partial charge in [0, 0.05) is 49.8 Å². The van der Waals surface area contributed by atoms with E-state index in [2.05, 4.69) is 33.7 Å². The lowest BCUT2D eigenvalue weighted by Gasteiger charge is -2.32. The van der Waals surface area contributed by atoms with Crippen molar-refractivity contribution >= 4 is 23.2 Å². The van der Waals surface area contributed by atoms with Crippen LogP contribution >= 0.6 is 0 Å². The molecule has 0 bridgehead atoms. The minimum atomic E-state index is -0.291. The zero-order valence-corrected chi connectivity index (χ0v) is 20.9. The summed E-state index contributed by atoms with van der Waals surface area (Å²) in [6.07, 6.45) is 1.64. The van der Waals surface area contributed by atoms with Crippen LogP contribution in [0.15, 0.2) is 60.7 Å². The average Bonchev–Trinajstić information content (AvgIpc) is 3.40. The second kappa shape index (κ2) is 11.3. The molecule has 192 valence electrons. The summed E-state index contributed by atoms with van der Waals surface area (Å²) in [5.74, 6) is 0.693. The van der Waals surface area contributed by atoms with Crippen molar-refractivity contribution in [2.24, 2.45) is 0 Å². The molecule has 0 radical (unpaired) electrons. The van der Waals surface area contributed by atoms with Crippen LogP contribution in [0.5, 0.6) is 11.5 Å². The van der Waals surface area contributed by atoms with Gasteiger partial charge in [0.15, 0.2) is 11.5 Å². The van der Waals surface area contributed by atoms with E-state index in [9.17, 15) is 9.59 Å². The third-order valence-electron chi connectivity index (χ3n) is 6.56. The summed E-state index contributed by atoms with van der Waals surface area (Å²) in [5.41, 5.74) is 4.97. The molecule has 2 aliphatic rings. The Bertz CT molecular complexity index is 1290. The summed E-state index contributed by atoms with van der Waals surface area (Å²) in [7, 11) is 0. The molecule has 2 aliphatic heterocycles. The molecule has 0 aliphatic carbocycles. The first-order valence-electron chi connectivity index (χ1n) is 12.6. The van der Waals surface area contributed by atoms with Crippen LogP contribution in [-0.4, -0.2) is 44.9 Å². The lowest BCUT2D eigenvalue weighted by molar-refractivity contribution is 0.0943. The van der Waals surface area contributed by atoms with Crippen molar-refractivity contribution in [2.75, 3.05) is 43.3 Å². The fourth-order valence-corrected chi connectivity index (χ4v) is 4.63. The summed E-state index contributed by atoms with van der Waals surface area (Å²) in [5, 5.41) is 5.93. The Balaban J connectivity index is 1.36. The molecule has 2 heterocycles. The molecule has 8 heteroatoms. The van der Waals surface area contributed by atoms with E-state index < -0.39 is 0 Å². The molecular formula is C29H31N3O5. The summed E-state index contributed by atoms with van der Waals surface area (Å²) >= 11 is 0. The van der Waals surface area contributed by atoms with E-state index in [1.807, 2.05) is 25.1 Å². The van der Waals surface area contributed by atoms with Crippen molar-refractivity contribution in [1.29, 1.82) is 0 Å². The molecule has 0 unspecified atom stereocenters. The van der Waals surface area contributed by atoms with Crippen LogP contribution in [0.1, 0.15) is 45.2 Å². The van der Waals surface area contributed by atoms with E-state index in [0.29, 0.717) is 48.1 Å². The van der Waals surface area contributed by atoms with Gasteiger partial charge in [0.2, 0.25) is 6.79 Å². The summed E-state index contributed by atoms with van der Waals surface area (Å²) < 4.78 is 16.1. The number of rotatable bonds is 9. The molecule has 2 N–H and O–H groups in total. The van der Waals surface area contributed by atoms with E-state index in [4.69, 9.17) is 14.2 Å². The number of benzene rings is 3. The van der Waals surface area contributed by atoms with Gasteiger partial charge in [0.25, 0.3) is 11.8 Å². The smallest absolute Gasteiger partial charge is 0.255 e. The summed E-state index contributed by atoms with van der Waals surface area (Å²) in [6.45, 7) is 5.39. The van der Waals surface area contributed by atoms with Gasteiger partial charge in [0.1, 0.15) is 0 Å². The first-order valence-corrected chi connectivity index (χ1v) is 12.6. The van der Waals surface area contributed by atoms with Crippen LogP contribution in [0.25, 0.3) is 0 Å². The molecule has 0 atom stereocenters. The highest BCUT2D eigenvalue weighted by Crippen LogP contribution is 2.33. The number of carbonyl (C=O) groups is 2. The van der Waals surface area contributed by atoms with Crippen molar-refractivity contribution in [3.63, 3.8) is 0 Å². The predicted molar refractivity (Wildman–Crippen MR) is 142 cm³/mol. The van der Waals surface area contributed by atoms with Crippen LogP contribution in [0.4, 0.5) is 11.4 Å². The Morgan fingerprint density at radius 1 is 0.973 bits per heavy atom. The number of anilines is 2. The van der Waals surface area contributed by atoms with Gasteiger partial charge in [-0.1, -0.05) is 24.3 Å². The highest BCUT2D eigenvalue weighted by molar-refractivity contribution is 6.06. The number of fused-ring (bicyclic) bond motifs is 2. The lowest BCUT2D eigenvalue weighted by Crippen LogP contribution is -2.33. The molecule has 0 saturated heterocycles. The van der Waals surface area contributed by atoms with Gasteiger partial charge in [-0.05, 0) is 67.3 Å². The topological polar surface area (TPSA) is 89.1 Å². The Labute approximate surface area is 216 Å². The second-order valence-electron chi connectivity index (χ2n) is 9.00. The quantitative estimate of drug-likeness (QED) is 0.423. The van der Waals surface area contributed by atoms with Gasteiger partial charge in [-0.3, -0.25) is 9.59 Å². The molecule has 0 aromatic heterocycles. The van der Waals surface area contributed by atoms with Crippen LogP contribution in [-0.2, 0) is 17.7 Å². The van der Waals surface area contributed by atoms with E-state index in [0.717, 1.165) is 31.6 Å². The van der Waals surface area contributed by atoms with Crippen molar-refractivity contribution in [2.45, 2.75) is 26.3 Å². The van der Waals surface area contributed by atoms with Gasteiger partial charge in [0.05, 0.1) is 5.56 Å². The number of ether oxygens (including phenoxy) is 3. The van der Waals surface area contributed by atoms with Gasteiger partial charge >= 0.3 is 0 Å². The van der Waals surface area contributed by atoms with Crippen LogP contribution in [0.2, 0.25) is 0 Å². The Kier molecular flexibility index (Phi) is 7.56. The minimum Gasteiger partial charge on any atom is -0.454 e. The largest absolute Gasteiger partial charge is 0.454 e. The predicted octanol–water partition coefficient (Wildman–Crippen LogP) is 4.39. The molecule has 0 fully saturated rings. The highest BCUT2D eigenvalue weighted by atomic mass is 16.7. The van der Waals surface area contributed by atoms with Crippen LogP contribution < -0.4 is 25.0 Å². The molecule has 5 rings (SSSR count). The molecule has 3 aromatic rings. The number of hydrogen-bond donors (Lipinski definition) is 2. The number of nitrogens with zero attached hydrogens (tertiary/aromatic N) is 1. The van der Waals surface area contributed by atoms with Crippen LogP contribution in [0.3, 0.4) is 0 Å². The number of carbonyl (C=O) groups excluding carboxylic acids is 2. The maximum absolute atomic E-state index is 13.3. The average molecular weight is 502 g/mol.